The predicted molar refractivity (Wildman–Crippen MR) is 203 cm³/mol. The zero-order valence-corrected chi connectivity index (χ0v) is 27.9. The van der Waals surface area contributed by atoms with Crippen LogP contribution in [0.15, 0.2) is 142 Å². The number of rotatable bonds is 2. The van der Waals surface area contributed by atoms with Gasteiger partial charge in [-0.05, 0) is 55.0 Å². The number of fused-ring (bicyclic) bond motifs is 10. The quantitative estimate of drug-likeness (QED) is 0.172. The lowest BCUT2D eigenvalue weighted by atomic mass is 9.94. The van der Waals surface area contributed by atoms with Crippen LogP contribution in [0, 0.1) is 6.92 Å². The van der Waals surface area contributed by atoms with Gasteiger partial charge >= 0.3 is 0 Å². The van der Waals surface area contributed by atoms with Crippen molar-refractivity contribution in [2.45, 2.75) is 6.92 Å². The van der Waals surface area contributed by atoms with Crippen LogP contribution >= 0.6 is 6.04 Å². The number of hydrogen-bond acceptors (Lipinski definition) is 5. The summed E-state index contributed by atoms with van der Waals surface area (Å²) in [5, 5.41) is 7.22. The number of ether oxygens (including phenoxy) is 2. The van der Waals surface area contributed by atoms with Crippen molar-refractivity contribution in [3.05, 3.63) is 139 Å². The highest BCUT2D eigenvalue weighted by Crippen LogP contribution is 2.62. The minimum absolute atomic E-state index is 0.718. The van der Waals surface area contributed by atoms with Crippen molar-refractivity contribution < 1.29 is 18.3 Å². The molecule has 11 rings (SSSR count). The lowest BCUT2D eigenvalue weighted by molar-refractivity contribution is 0.468. The van der Waals surface area contributed by atoms with Crippen molar-refractivity contribution in [1.82, 2.24) is 0 Å². The molecule has 0 saturated heterocycles. The molecule has 49 heavy (non-hydrogen) atoms. The second-order valence-corrected chi connectivity index (χ2v) is 17.1. The molecule has 0 N–H and O–H groups in total. The normalized spacial score (nSPS) is 15.9. The zero-order valence-electron chi connectivity index (χ0n) is 26.2. The minimum atomic E-state index is -2.67. The Bertz CT molecular complexity index is 2930. The van der Waals surface area contributed by atoms with Gasteiger partial charge in [0.05, 0.1) is 11.3 Å². The molecule has 0 fully saturated rings. The Morgan fingerprint density at radius 1 is 0.469 bits per heavy atom. The number of furan rings is 2. The van der Waals surface area contributed by atoms with E-state index < -0.39 is 6.04 Å². The van der Waals surface area contributed by atoms with Crippen molar-refractivity contribution >= 4 is 77.6 Å². The molecule has 0 radical (unpaired) electrons. The Morgan fingerprint density at radius 2 is 1.00 bits per heavy atom. The first kappa shape index (κ1) is 27.4. The van der Waals surface area contributed by atoms with E-state index in [9.17, 15) is 0 Å². The Kier molecular flexibility index (Phi) is 5.43. The summed E-state index contributed by atoms with van der Waals surface area (Å²) in [7, 11) is 0. The van der Waals surface area contributed by atoms with Crippen molar-refractivity contribution in [2.24, 2.45) is 0 Å². The van der Waals surface area contributed by atoms with Gasteiger partial charge in [0.2, 0.25) is 0 Å². The van der Waals surface area contributed by atoms with Gasteiger partial charge in [0.1, 0.15) is 45.3 Å². The minimum Gasteiger partial charge on any atom is -0.455 e. The lowest BCUT2D eigenvalue weighted by Gasteiger charge is -2.39. The van der Waals surface area contributed by atoms with Gasteiger partial charge in [-0.25, -0.2) is 0 Å². The van der Waals surface area contributed by atoms with Gasteiger partial charge in [-0.2, -0.15) is 0 Å². The maximum absolute atomic E-state index is 6.99. The average Bonchev–Trinajstić information content (AvgIpc) is 3.70. The third kappa shape index (κ3) is 3.61. The monoisotopic (exact) mass is 668 g/mol. The highest BCUT2D eigenvalue weighted by molar-refractivity contribution is 8.26. The summed E-state index contributed by atoms with van der Waals surface area (Å²) in [6.45, 7) is 2.09. The first-order valence-electron chi connectivity index (χ1n) is 16.3. The summed E-state index contributed by atoms with van der Waals surface area (Å²) in [5.74, 6) is 3.00. The second-order valence-electron chi connectivity index (χ2n) is 12.8. The summed E-state index contributed by atoms with van der Waals surface area (Å²) in [6.07, 6.45) is 0. The molecule has 0 amide bonds. The van der Waals surface area contributed by atoms with Crippen LogP contribution < -0.4 is 25.4 Å². The molecule has 0 spiro atoms. The summed E-state index contributed by atoms with van der Waals surface area (Å²) < 4.78 is 27.3. The molecule has 2 aliphatic rings. The summed E-state index contributed by atoms with van der Waals surface area (Å²) in [5.41, 5.74) is 8.11. The number of para-hydroxylation sites is 5. The molecule has 2 aromatic heterocycles. The topological polar surface area (TPSA) is 44.7 Å². The van der Waals surface area contributed by atoms with E-state index in [0.29, 0.717) is 0 Å². The molecule has 0 bridgehead atoms. The molecule has 1 atom stereocenters. The Hall–Kier alpha value is -5.61. The van der Waals surface area contributed by atoms with Crippen molar-refractivity contribution in [3.63, 3.8) is 0 Å². The molecule has 2 aliphatic heterocycles. The third-order valence-electron chi connectivity index (χ3n) is 9.99. The van der Waals surface area contributed by atoms with Gasteiger partial charge in [0.15, 0.2) is 0 Å². The Balaban J connectivity index is 1.32. The van der Waals surface area contributed by atoms with Gasteiger partial charge in [0, 0.05) is 54.4 Å². The van der Waals surface area contributed by atoms with Gasteiger partial charge in [-0.15, -0.1) is 0 Å². The van der Waals surface area contributed by atoms with Crippen LogP contribution in [0.1, 0.15) is 5.56 Å². The maximum Gasteiger partial charge on any atom is 0.148 e. The first-order chi connectivity index (χ1) is 24.1. The van der Waals surface area contributed by atoms with E-state index in [-0.39, 0.29) is 0 Å². The smallest absolute Gasteiger partial charge is 0.148 e. The molecule has 4 nitrogen and oxygen atoms in total. The average molecular weight is 669 g/mol. The van der Waals surface area contributed by atoms with Crippen LogP contribution in [0.25, 0.3) is 66.1 Å². The van der Waals surface area contributed by atoms with Crippen molar-refractivity contribution in [1.29, 1.82) is 0 Å². The van der Waals surface area contributed by atoms with E-state index in [1.165, 1.54) is 0 Å². The van der Waals surface area contributed by atoms with Crippen LogP contribution in [0.2, 0.25) is 0 Å². The van der Waals surface area contributed by atoms with Crippen LogP contribution in [-0.2, 0) is 11.8 Å². The van der Waals surface area contributed by atoms with E-state index in [4.69, 9.17) is 30.1 Å². The molecule has 0 aliphatic carbocycles. The lowest BCUT2D eigenvalue weighted by Crippen LogP contribution is -2.35. The highest BCUT2D eigenvalue weighted by atomic mass is 32.4. The Morgan fingerprint density at radius 3 is 1.65 bits per heavy atom. The van der Waals surface area contributed by atoms with Gasteiger partial charge < -0.3 is 18.3 Å². The molecule has 232 valence electrons. The molecule has 1 unspecified atom stereocenters. The predicted octanol–water partition coefficient (Wildman–Crippen LogP) is 11.1. The highest BCUT2D eigenvalue weighted by Gasteiger charge is 2.45. The fourth-order valence-corrected chi connectivity index (χ4v) is 12.3. The van der Waals surface area contributed by atoms with Crippen LogP contribution in [0.5, 0.6) is 23.0 Å². The molecule has 7 aromatic carbocycles. The van der Waals surface area contributed by atoms with Crippen molar-refractivity contribution in [3.8, 4) is 45.3 Å². The fourth-order valence-electron chi connectivity index (χ4n) is 7.80. The van der Waals surface area contributed by atoms with E-state index in [2.05, 4.69) is 97.9 Å². The number of hydrogen-bond donors (Lipinski definition) is 0. The maximum atomic E-state index is 6.99. The second kappa shape index (κ2) is 9.73. The van der Waals surface area contributed by atoms with Crippen LogP contribution in [0.4, 0.5) is 0 Å². The van der Waals surface area contributed by atoms with Crippen LogP contribution in [0.3, 0.4) is 0 Å². The SMILES string of the molecule is Cc1ccc2c(c1)oc1c(-c3cc(-c4cccc5c4oc4ccccc45)c4c5c3Oc3ccccc3P5(=S)c3ccccc3O4)cccc12. The molecule has 0 saturated carbocycles. The van der Waals surface area contributed by atoms with Gasteiger partial charge in [0.25, 0.3) is 0 Å². The summed E-state index contributed by atoms with van der Waals surface area (Å²) in [6, 6.07) is 43.1. The fraction of sp³-hybridized carbons (Fsp3) is 0.0233. The van der Waals surface area contributed by atoms with Crippen LogP contribution in [-0.4, -0.2) is 0 Å². The Labute approximate surface area is 286 Å². The molecular weight excluding hydrogens is 644 g/mol. The first-order valence-corrected chi connectivity index (χ1v) is 19.1. The van der Waals surface area contributed by atoms with E-state index >= 15 is 0 Å². The van der Waals surface area contributed by atoms with E-state index in [1.807, 2.05) is 42.5 Å². The summed E-state index contributed by atoms with van der Waals surface area (Å²) >= 11 is 6.99. The van der Waals surface area contributed by atoms with E-state index in [0.717, 1.165) is 111 Å². The largest absolute Gasteiger partial charge is 0.455 e. The number of benzene rings is 7. The van der Waals surface area contributed by atoms with Crippen molar-refractivity contribution in [2.75, 3.05) is 0 Å². The number of aryl methyl sites for hydroxylation is 1. The molecular formula is C43H25O4PS. The third-order valence-corrected chi connectivity index (χ3v) is 14.9. The standard InChI is InChI=1S/C43H25O4PS/c1-24-20-21-26-28-12-9-14-30(40(28)47-36(26)22-24)32-23-31(29-13-8-11-27-25-10-2-3-15-33(25)44-39(27)29)41-43-42(32)46-35-17-5-7-19-38(35)48(43,49)37-18-6-4-16-34(37)45-41/h2-23H,1H3. The molecule has 6 heteroatoms. The molecule has 9 aromatic rings. The summed E-state index contributed by atoms with van der Waals surface area (Å²) in [4.78, 5) is 0. The molecule has 4 heterocycles. The zero-order chi connectivity index (χ0) is 32.4. The van der Waals surface area contributed by atoms with Gasteiger partial charge in [-0.3, -0.25) is 0 Å². The van der Waals surface area contributed by atoms with E-state index in [1.54, 1.807) is 0 Å². The van der Waals surface area contributed by atoms with Gasteiger partial charge in [-0.1, -0.05) is 103 Å².